The maximum atomic E-state index is 8.39. The largest absolute Gasteiger partial charge is 0.411 e. The van der Waals surface area contributed by atoms with Gasteiger partial charge in [0.2, 0.25) is 0 Å². The molecule has 0 saturated carbocycles. The van der Waals surface area contributed by atoms with Gasteiger partial charge in [0.1, 0.15) is 5.03 Å². The zero-order valence-corrected chi connectivity index (χ0v) is 10.2. The summed E-state index contributed by atoms with van der Waals surface area (Å²) >= 11 is 1.60. The molecule has 0 saturated heterocycles. The van der Waals surface area contributed by atoms with Gasteiger partial charge in [-0.05, 0) is 31.2 Å². The molecule has 0 amide bonds. The molecule has 0 fully saturated rings. The first-order valence-corrected chi connectivity index (χ1v) is 5.97. The molecule has 1 aromatic heterocycles. The van der Waals surface area contributed by atoms with Gasteiger partial charge in [-0.1, -0.05) is 34.6 Å². The first-order valence-electron chi connectivity index (χ1n) is 5.16. The van der Waals surface area contributed by atoms with Crippen LogP contribution in [0.25, 0.3) is 0 Å². The molecule has 3 nitrogen and oxygen atoms in total. The third-order valence-corrected chi connectivity index (χ3v) is 3.17. The van der Waals surface area contributed by atoms with Crippen LogP contribution in [0.3, 0.4) is 0 Å². The van der Waals surface area contributed by atoms with Crippen LogP contribution in [0.2, 0.25) is 0 Å². The number of rotatable bonds is 3. The highest BCUT2D eigenvalue weighted by Crippen LogP contribution is 2.25. The van der Waals surface area contributed by atoms with Crippen molar-refractivity contribution in [1.29, 1.82) is 0 Å². The van der Waals surface area contributed by atoms with E-state index in [1.165, 1.54) is 11.8 Å². The fourth-order valence-electron chi connectivity index (χ4n) is 1.32. The molecular weight excluding hydrogens is 232 g/mol. The number of aromatic nitrogens is 1. The Bertz CT molecular complexity index is 506. The van der Waals surface area contributed by atoms with Crippen molar-refractivity contribution in [3.05, 3.63) is 53.7 Å². The first kappa shape index (κ1) is 11.7. The lowest BCUT2D eigenvalue weighted by atomic mass is 10.2. The number of oxime groups is 1. The van der Waals surface area contributed by atoms with Crippen molar-refractivity contribution in [2.75, 3.05) is 0 Å². The number of benzene rings is 1. The van der Waals surface area contributed by atoms with Gasteiger partial charge in [0.15, 0.2) is 0 Å². The Kier molecular flexibility index (Phi) is 3.77. The highest BCUT2D eigenvalue weighted by molar-refractivity contribution is 7.99. The Morgan fingerprint density at radius 2 is 1.94 bits per heavy atom. The SMILES string of the molecule is Cc1ccc(Sc2ccc(/C=N\O)cn2)cc1. The van der Waals surface area contributed by atoms with Crippen LogP contribution in [0.4, 0.5) is 0 Å². The van der Waals surface area contributed by atoms with Gasteiger partial charge in [-0.15, -0.1) is 0 Å². The normalized spacial score (nSPS) is 10.9. The molecule has 2 aromatic rings. The van der Waals surface area contributed by atoms with Crippen molar-refractivity contribution in [2.45, 2.75) is 16.8 Å². The van der Waals surface area contributed by atoms with E-state index in [1.807, 2.05) is 12.1 Å². The number of nitrogens with zero attached hydrogens (tertiary/aromatic N) is 2. The Hall–Kier alpha value is -1.81. The van der Waals surface area contributed by atoms with Crippen LogP contribution in [0.5, 0.6) is 0 Å². The van der Waals surface area contributed by atoms with E-state index in [9.17, 15) is 0 Å². The summed E-state index contributed by atoms with van der Waals surface area (Å²) in [6, 6.07) is 12.1. The van der Waals surface area contributed by atoms with Gasteiger partial charge in [0.05, 0.1) is 6.21 Å². The lowest BCUT2D eigenvalue weighted by Crippen LogP contribution is -1.85. The van der Waals surface area contributed by atoms with Gasteiger partial charge in [0, 0.05) is 16.7 Å². The summed E-state index contributed by atoms with van der Waals surface area (Å²) in [6.07, 6.45) is 3.03. The maximum Gasteiger partial charge on any atom is 0.101 e. The second kappa shape index (κ2) is 5.50. The summed E-state index contributed by atoms with van der Waals surface area (Å²) in [7, 11) is 0. The van der Waals surface area contributed by atoms with Gasteiger partial charge in [-0.2, -0.15) is 0 Å². The van der Waals surface area contributed by atoms with Gasteiger partial charge in [-0.3, -0.25) is 0 Å². The van der Waals surface area contributed by atoms with Crippen LogP contribution in [-0.4, -0.2) is 16.4 Å². The van der Waals surface area contributed by atoms with Crippen LogP contribution < -0.4 is 0 Å². The minimum absolute atomic E-state index is 0.778. The van der Waals surface area contributed by atoms with Crippen LogP contribution in [-0.2, 0) is 0 Å². The number of aryl methyl sites for hydroxylation is 1. The molecule has 1 aromatic carbocycles. The maximum absolute atomic E-state index is 8.39. The Morgan fingerprint density at radius 3 is 2.53 bits per heavy atom. The third kappa shape index (κ3) is 3.32. The van der Waals surface area contributed by atoms with Crippen LogP contribution in [0.15, 0.2) is 57.7 Å². The first-order chi connectivity index (χ1) is 8.28. The fraction of sp³-hybridized carbons (Fsp3) is 0.0769. The predicted octanol–water partition coefficient (Wildman–Crippen LogP) is 3.35. The molecule has 1 N–H and O–H groups in total. The molecule has 86 valence electrons. The van der Waals surface area contributed by atoms with E-state index in [4.69, 9.17) is 5.21 Å². The zero-order chi connectivity index (χ0) is 12.1. The lowest BCUT2D eigenvalue weighted by molar-refractivity contribution is 0.322. The topological polar surface area (TPSA) is 45.5 Å². The summed E-state index contributed by atoms with van der Waals surface area (Å²) in [5.41, 5.74) is 2.03. The van der Waals surface area contributed by atoms with E-state index < -0.39 is 0 Å². The quantitative estimate of drug-likeness (QED) is 0.511. The van der Waals surface area contributed by atoms with E-state index in [0.29, 0.717) is 0 Å². The molecule has 0 spiro atoms. The average Bonchev–Trinajstić information content (AvgIpc) is 2.35. The molecule has 4 heteroatoms. The molecular formula is C13H12N2OS. The zero-order valence-electron chi connectivity index (χ0n) is 9.37. The predicted molar refractivity (Wildman–Crippen MR) is 68.9 cm³/mol. The number of hydrogen-bond donors (Lipinski definition) is 1. The summed E-state index contributed by atoms with van der Waals surface area (Å²) in [5, 5.41) is 12.3. The highest BCUT2D eigenvalue weighted by atomic mass is 32.2. The molecule has 0 radical (unpaired) electrons. The Labute approximate surface area is 104 Å². The summed E-state index contributed by atoms with van der Waals surface area (Å²) < 4.78 is 0. The van der Waals surface area contributed by atoms with Crippen molar-refractivity contribution in [3.63, 3.8) is 0 Å². The Balaban J connectivity index is 2.11. The number of pyridine rings is 1. The van der Waals surface area contributed by atoms with E-state index in [0.717, 1.165) is 15.5 Å². The van der Waals surface area contributed by atoms with Crippen molar-refractivity contribution in [3.8, 4) is 0 Å². The molecule has 0 aliphatic carbocycles. The molecule has 0 aliphatic rings. The van der Waals surface area contributed by atoms with E-state index in [1.54, 1.807) is 18.0 Å². The van der Waals surface area contributed by atoms with Crippen molar-refractivity contribution in [2.24, 2.45) is 5.16 Å². The molecule has 2 rings (SSSR count). The molecule has 0 aliphatic heterocycles. The minimum atomic E-state index is 0.778. The summed E-state index contributed by atoms with van der Waals surface area (Å²) in [6.45, 7) is 2.07. The molecule has 0 atom stereocenters. The summed E-state index contributed by atoms with van der Waals surface area (Å²) in [5.74, 6) is 0. The van der Waals surface area contributed by atoms with Crippen molar-refractivity contribution >= 4 is 18.0 Å². The smallest absolute Gasteiger partial charge is 0.101 e. The second-order valence-electron chi connectivity index (χ2n) is 3.59. The second-order valence-corrected chi connectivity index (χ2v) is 4.68. The van der Waals surface area contributed by atoms with Crippen LogP contribution in [0, 0.1) is 6.92 Å². The van der Waals surface area contributed by atoms with Crippen molar-refractivity contribution in [1.82, 2.24) is 4.98 Å². The highest BCUT2D eigenvalue weighted by Gasteiger charge is 1.98. The third-order valence-electron chi connectivity index (χ3n) is 2.21. The van der Waals surface area contributed by atoms with Crippen LogP contribution in [0.1, 0.15) is 11.1 Å². The van der Waals surface area contributed by atoms with Crippen LogP contribution >= 0.6 is 11.8 Å². The molecule has 17 heavy (non-hydrogen) atoms. The average molecular weight is 244 g/mol. The lowest BCUT2D eigenvalue weighted by Gasteiger charge is -2.01. The Morgan fingerprint density at radius 1 is 1.18 bits per heavy atom. The van der Waals surface area contributed by atoms with Gasteiger partial charge in [-0.25, -0.2) is 4.98 Å². The molecule has 1 heterocycles. The summed E-state index contributed by atoms with van der Waals surface area (Å²) in [4.78, 5) is 5.43. The van der Waals surface area contributed by atoms with E-state index >= 15 is 0 Å². The fourth-order valence-corrected chi connectivity index (χ4v) is 2.08. The van der Waals surface area contributed by atoms with Gasteiger partial charge >= 0.3 is 0 Å². The number of hydrogen-bond acceptors (Lipinski definition) is 4. The standard InChI is InChI=1S/C13H12N2OS/c1-10-2-5-12(6-3-10)17-13-7-4-11(8-14-13)9-15-16/h2-9,16H,1H3/b15-9-. The van der Waals surface area contributed by atoms with Gasteiger partial charge < -0.3 is 5.21 Å². The molecule has 0 unspecified atom stereocenters. The van der Waals surface area contributed by atoms with E-state index in [-0.39, 0.29) is 0 Å². The van der Waals surface area contributed by atoms with Gasteiger partial charge in [0.25, 0.3) is 0 Å². The molecule has 0 bridgehead atoms. The van der Waals surface area contributed by atoms with E-state index in [2.05, 4.69) is 41.3 Å². The monoisotopic (exact) mass is 244 g/mol. The minimum Gasteiger partial charge on any atom is -0.411 e. The van der Waals surface area contributed by atoms with Crippen molar-refractivity contribution < 1.29 is 5.21 Å².